The minimum absolute atomic E-state index is 0.0764. The Labute approximate surface area is 199 Å². The summed E-state index contributed by atoms with van der Waals surface area (Å²) in [5.74, 6) is 0.0764. The highest BCUT2D eigenvalue weighted by Gasteiger charge is 2.29. The number of rotatable bonds is 3. The Bertz CT molecular complexity index is 1210. The molecule has 9 heteroatoms. The van der Waals surface area contributed by atoms with Crippen LogP contribution in [0.2, 0.25) is 0 Å². The van der Waals surface area contributed by atoms with Crippen molar-refractivity contribution in [2.45, 2.75) is 65.0 Å². The van der Waals surface area contributed by atoms with Crippen LogP contribution in [0.15, 0.2) is 29.1 Å². The van der Waals surface area contributed by atoms with Gasteiger partial charge in [-0.2, -0.15) is 5.10 Å². The van der Waals surface area contributed by atoms with Crippen molar-refractivity contribution in [3.8, 4) is 0 Å². The standard InChI is InChI=1S/C21H24N4O4.C4H11N/c1-21(2,3)29-20(28)24-9-7-13(8-10-24)16-11-17(27)22-19-18-14(12-26)5-4-6-15(18)23-25(16)19;1-4(2)5-3/h4-6,11-13H,7-10H2,1-3H3,(H,22,27);4-5H,1-3H3. The van der Waals surface area contributed by atoms with Gasteiger partial charge >= 0.3 is 6.09 Å². The first kappa shape index (κ1) is 25.4. The van der Waals surface area contributed by atoms with Crippen molar-refractivity contribution in [3.63, 3.8) is 0 Å². The lowest BCUT2D eigenvalue weighted by atomic mass is 9.93. The average Bonchev–Trinajstić information content (AvgIpc) is 3.16. The summed E-state index contributed by atoms with van der Waals surface area (Å²) in [4.78, 5) is 40.6. The van der Waals surface area contributed by atoms with Crippen molar-refractivity contribution < 1.29 is 14.3 Å². The minimum atomic E-state index is -0.529. The molecule has 1 aliphatic rings. The monoisotopic (exact) mass is 469 g/mol. The smallest absolute Gasteiger partial charge is 0.410 e. The van der Waals surface area contributed by atoms with Crippen LogP contribution in [0.25, 0.3) is 16.6 Å². The molecule has 0 aliphatic carbocycles. The van der Waals surface area contributed by atoms with Gasteiger partial charge < -0.3 is 19.9 Å². The lowest BCUT2D eigenvalue weighted by Crippen LogP contribution is -2.41. The number of nitrogens with zero attached hydrogens (tertiary/aromatic N) is 3. The molecular formula is C25H35N5O4. The Morgan fingerprint density at radius 1 is 1.26 bits per heavy atom. The summed E-state index contributed by atoms with van der Waals surface area (Å²) in [6.45, 7) is 10.9. The fourth-order valence-electron chi connectivity index (χ4n) is 3.89. The van der Waals surface area contributed by atoms with E-state index in [1.165, 1.54) is 0 Å². The molecule has 1 aliphatic heterocycles. The van der Waals surface area contributed by atoms with Crippen molar-refractivity contribution in [3.05, 3.63) is 45.9 Å². The van der Waals surface area contributed by atoms with E-state index in [1.54, 1.807) is 27.6 Å². The van der Waals surface area contributed by atoms with Gasteiger partial charge in [-0.25, -0.2) is 9.31 Å². The van der Waals surface area contributed by atoms with E-state index >= 15 is 0 Å². The fraction of sp³-hybridized carbons (Fsp3) is 0.520. The van der Waals surface area contributed by atoms with Gasteiger partial charge in [0, 0.05) is 36.7 Å². The quantitative estimate of drug-likeness (QED) is 0.566. The number of aromatic nitrogens is 3. The molecule has 0 saturated carbocycles. The van der Waals surface area contributed by atoms with Crippen LogP contribution in [0.1, 0.15) is 69.4 Å². The number of hydrogen-bond acceptors (Lipinski definition) is 6. The maximum Gasteiger partial charge on any atom is 0.410 e. The lowest BCUT2D eigenvalue weighted by Gasteiger charge is -2.33. The molecule has 0 unspecified atom stereocenters. The lowest BCUT2D eigenvalue weighted by molar-refractivity contribution is 0.0203. The van der Waals surface area contributed by atoms with Gasteiger partial charge in [0.1, 0.15) is 11.2 Å². The van der Waals surface area contributed by atoms with E-state index in [1.807, 2.05) is 33.9 Å². The second kappa shape index (κ2) is 10.4. The molecule has 0 radical (unpaired) electrons. The van der Waals surface area contributed by atoms with E-state index in [4.69, 9.17) is 4.74 Å². The van der Waals surface area contributed by atoms with E-state index in [2.05, 4.69) is 29.2 Å². The molecular weight excluding hydrogens is 434 g/mol. The molecule has 3 heterocycles. The molecule has 0 atom stereocenters. The first-order valence-corrected chi connectivity index (χ1v) is 11.7. The normalized spacial score (nSPS) is 14.9. The largest absolute Gasteiger partial charge is 0.444 e. The van der Waals surface area contributed by atoms with Gasteiger partial charge in [0.25, 0.3) is 5.56 Å². The molecule has 0 spiro atoms. The van der Waals surface area contributed by atoms with Crippen LogP contribution in [0.3, 0.4) is 0 Å². The number of likely N-dealkylation sites (tertiary alicyclic amines) is 1. The number of carbonyl (C=O) groups excluding carboxylic acids is 2. The number of fused-ring (bicyclic) bond motifs is 3. The Kier molecular flexibility index (Phi) is 7.76. The zero-order chi connectivity index (χ0) is 25.0. The van der Waals surface area contributed by atoms with Crippen molar-refractivity contribution >= 4 is 28.9 Å². The highest BCUT2D eigenvalue weighted by Crippen LogP contribution is 2.30. The number of amides is 1. The molecule has 1 saturated heterocycles. The summed E-state index contributed by atoms with van der Waals surface area (Å²) < 4.78 is 7.18. The van der Waals surface area contributed by atoms with Crippen LogP contribution in [0.4, 0.5) is 4.79 Å². The van der Waals surface area contributed by atoms with Crippen molar-refractivity contribution in [1.29, 1.82) is 0 Å². The summed E-state index contributed by atoms with van der Waals surface area (Å²) in [5, 5.41) is 8.30. The summed E-state index contributed by atoms with van der Waals surface area (Å²) in [7, 11) is 1.95. The first-order valence-electron chi connectivity index (χ1n) is 11.7. The third-order valence-corrected chi connectivity index (χ3v) is 5.77. The van der Waals surface area contributed by atoms with Gasteiger partial charge in [0.15, 0.2) is 6.29 Å². The van der Waals surface area contributed by atoms with Gasteiger partial charge in [-0.15, -0.1) is 0 Å². The summed E-state index contributed by atoms with van der Waals surface area (Å²) in [5.41, 5.74) is 1.71. The highest BCUT2D eigenvalue weighted by atomic mass is 16.6. The number of ether oxygens (including phenoxy) is 1. The predicted octanol–water partition coefficient (Wildman–Crippen LogP) is 3.72. The predicted molar refractivity (Wildman–Crippen MR) is 133 cm³/mol. The van der Waals surface area contributed by atoms with E-state index in [9.17, 15) is 14.4 Å². The summed E-state index contributed by atoms with van der Waals surface area (Å²) >= 11 is 0. The van der Waals surface area contributed by atoms with Crippen molar-refractivity contribution in [2.75, 3.05) is 20.1 Å². The number of aldehydes is 1. The summed E-state index contributed by atoms with van der Waals surface area (Å²) in [6, 6.07) is 7.50. The van der Waals surface area contributed by atoms with Crippen LogP contribution in [-0.4, -0.2) is 63.7 Å². The molecule has 1 aromatic carbocycles. The maximum atomic E-state index is 12.3. The van der Waals surface area contributed by atoms with Crippen LogP contribution in [-0.2, 0) is 4.74 Å². The van der Waals surface area contributed by atoms with Crippen molar-refractivity contribution in [2.24, 2.45) is 0 Å². The van der Waals surface area contributed by atoms with E-state index in [-0.39, 0.29) is 17.6 Å². The van der Waals surface area contributed by atoms with E-state index < -0.39 is 5.60 Å². The first-order chi connectivity index (χ1) is 16.0. The number of benzene rings is 1. The Morgan fingerprint density at radius 2 is 1.91 bits per heavy atom. The SMILES string of the molecule is CC(C)(C)OC(=O)N1CCC(c2cc(=O)[nH]c3c4c(C=O)cccc4nn23)CC1.CNC(C)C. The zero-order valence-corrected chi connectivity index (χ0v) is 20.8. The zero-order valence-electron chi connectivity index (χ0n) is 20.8. The third-order valence-electron chi connectivity index (χ3n) is 5.77. The van der Waals surface area contributed by atoms with Gasteiger partial charge in [0.2, 0.25) is 0 Å². The van der Waals surface area contributed by atoms with Gasteiger partial charge in [-0.3, -0.25) is 9.59 Å². The highest BCUT2D eigenvalue weighted by molar-refractivity contribution is 6.04. The molecule has 4 rings (SSSR count). The number of piperidine rings is 1. The number of hydrogen-bond donors (Lipinski definition) is 2. The molecule has 34 heavy (non-hydrogen) atoms. The molecule has 1 fully saturated rings. The molecule has 184 valence electrons. The Hall–Kier alpha value is -3.20. The second-order valence-corrected chi connectivity index (χ2v) is 9.86. The average molecular weight is 470 g/mol. The number of aromatic amines is 1. The van der Waals surface area contributed by atoms with Crippen LogP contribution in [0.5, 0.6) is 0 Å². The Morgan fingerprint density at radius 3 is 2.47 bits per heavy atom. The molecule has 2 aromatic heterocycles. The van der Waals surface area contributed by atoms with Crippen molar-refractivity contribution in [1.82, 2.24) is 24.8 Å². The van der Waals surface area contributed by atoms with Crippen LogP contribution >= 0.6 is 0 Å². The maximum absolute atomic E-state index is 12.3. The molecule has 1 amide bonds. The Balaban J connectivity index is 0.000000588. The number of nitrogens with one attached hydrogen (secondary N) is 2. The second-order valence-electron chi connectivity index (χ2n) is 9.86. The minimum Gasteiger partial charge on any atom is -0.444 e. The molecule has 3 aromatic rings. The fourth-order valence-corrected chi connectivity index (χ4v) is 3.89. The molecule has 2 N–H and O–H groups in total. The topological polar surface area (TPSA) is 109 Å². The number of H-pyrrole nitrogens is 1. The van der Waals surface area contributed by atoms with Gasteiger partial charge in [-0.05, 0) is 46.7 Å². The van der Waals surface area contributed by atoms with E-state index in [0.29, 0.717) is 54.1 Å². The molecule has 0 bridgehead atoms. The van der Waals surface area contributed by atoms with Crippen LogP contribution < -0.4 is 10.9 Å². The number of carbonyl (C=O) groups is 2. The molecule has 9 nitrogen and oxygen atoms in total. The van der Waals surface area contributed by atoms with E-state index in [0.717, 1.165) is 12.0 Å². The van der Waals surface area contributed by atoms with Gasteiger partial charge in [0.05, 0.1) is 16.6 Å². The third kappa shape index (κ3) is 5.83. The van der Waals surface area contributed by atoms with Crippen LogP contribution in [0, 0.1) is 0 Å². The van der Waals surface area contributed by atoms with Gasteiger partial charge in [-0.1, -0.05) is 26.0 Å². The summed E-state index contributed by atoms with van der Waals surface area (Å²) in [6.07, 6.45) is 1.87.